The molecule has 6 rings (SSSR count). The minimum absolute atomic E-state index is 0.00614. The molecule has 3 aromatic rings. The molecule has 0 spiro atoms. The number of carbonyl (C=O) groups is 1. The summed E-state index contributed by atoms with van der Waals surface area (Å²) in [6, 6.07) is 3.86. The van der Waals surface area contributed by atoms with Crippen molar-refractivity contribution in [2.24, 2.45) is 7.05 Å². The van der Waals surface area contributed by atoms with Gasteiger partial charge in [0.15, 0.2) is 5.82 Å². The lowest BCUT2D eigenvalue weighted by atomic mass is 9.92. The van der Waals surface area contributed by atoms with E-state index in [1.807, 2.05) is 11.0 Å². The summed E-state index contributed by atoms with van der Waals surface area (Å²) in [5.41, 5.74) is 5.30. The fraction of sp³-hybridized carbons (Fsp3) is 0.567. The lowest BCUT2D eigenvalue weighted by Crippen LogP contribution is -2.38. The van der Waals surface area contributed by atoms with Gasteiger partial charge in [-0.3, -0.25) is 14.2 Å². The van der Waals surface area contributed by atoms with E-state index in [-0.39, 0.29) is 17.5 Å². The minimum Gasteiger partial charge on any atom is -0.338 e. The van der Waals surface area contributed by atoms with E-state index >= 15 is 0 Å². The largest absolute Gasteiger partial charge is 0.338 e. The van der Waals surface area contributed by atoms with E-state index < -0.39 is 6.43 Å². The van der Waals surface area contributed by atoms with Gasteiger partial charge in [-0.05, 0) is 61.9 Å². The van der Waals surface area contributed by atoms with Crippen molar-refractivity contribution in [1.82, 2.24) is 29.4 Å². The Labute approximate surface area is 244 Å². The normalized spacial score (nSPS) is 18.2. The molecule has 220 valence electrons. The first kappa shape index (κ1) is 28.2. The molecule has 0 aliphatic carbocycles. The molecule has 11 heteroatoms. The van der Waals surface area contributed by atoms with Crippen LogP contribution < -0.4 is 4.90 Å². The van der Waals surface area contributed by atoms with E-state index in [1.54, 1.807) is 37.1 Å². The highest BCUT2D eigenvalue weighted by molar-refractivity contribution is 6.17. The summed E-state index contributed by atoms with van der Waals surface area (Å²) in [6.07, 6.45) is 6.26. The quantitative estimate of drug-likeness (QED) is 0.344. The lowest BCUT2D eigenvalue weighted by Gasteiger charge is -2.34. The summed E-state index contributed by atoms with van der Waals surface area (Å²) < 4.78 is 32.8. The number of nitrogens with zero attached hydrogens (tertiary/aromatic N) is 7. The Hall–Kier alpha value is -2.98. The van der Waals surface area contributed by atoms with Gasteiger partial charge in [0.1, 0.15) is 0 Å². The van der Waals surface area contributed by atoms with Crippen LogP contribution in [0.25, 0.3) is 11.1 Å². The second kappa shape index (κ2) is 11.7. The van der Waals surface area contributed by atoms with E-state index in [9.17, 15) is 13.6 Å². The zero-order valence-corrected chi connectivity index (χ0v) is 24.6. The van der Waals surface area contributed by atoms with Crippen LogP contribution in [0.15, 0.2) is 24.5 Å². The number of halogens is 3. The highest BCUT2D eigenvalue weighted by atomic mass is 35.5. The van der Waals surface area contributed by atoms with Crippen LogP contribution in [0.2, 0.25) is 0 Å². The van der Waals surface area contributed by atoms with Gasteiger partial charge >= 0.3 is 0 Å². The van der Waals surface area contributed by atoms with Crippen LogP contribution in [0, 0.1) is 0 Å². The van der Waals surface area contributed by atoms with Crippen LogP contribution in [-0.2, 0) is 31.2 Å². The fourth-order valence-corrected chi connectivity index (χ4v) is 6.87. The first-order valence-corrected chi connectivity index (χ1v) is 15.2. The average molecular weight is 586 g/mol. The molecule has 1 aromatic carbocycles. The van der Waals surface area contributed by atoms with Gasteiger partial charge in [0.25, 0.3) is 6.43 Å². The highest BCUT2D eigenvalue weighted by Gasteiger charge is 2.34. The fourth-order valence-electron chi connectivity index (χ4n) is 6.75. The van der Waals surface area contributed by atoms with E-state index in [2.05, 4.69) is 19.6 Å². The van der Waals surface area contributed by atoms with Crippen LogP contribution in [0.1, 0.15) is 67.5 Å². The van der Waals surface area contributed by atoms with Crippen molar-refractivity contribution in [3.05, 3.63) is 46.9 Å². The standard InChI is InChI=1S/C30H38ClF2N7O/c1-20(41)38-14-8-27-26(19-38)30(35-40(27)23-6-12-37(13-7-23)10-4-9-31)39-11-3-5-21-15-24(22-17-34-36(2)18-22)25(29(32)33)16-28(21)39/h15-18,23,29H,3-14,19H2,1-2H3. The summed E-state index contributed by atoms with van der Waals surface area (Å²) >= 11 is 5.92. The van der Waals surface area contributed by atoms with Crippen LogP contribution in [0.5, 0.6) is 0 Å². The molecule has 1 amide bonds. The summed E-state index contributed by atoms with van der Waals surface area (Å²) in [6.45, 7) is 6.50. The Kier molecular flexibility index (Phi) is 8.05. The number of rotatable bonds is 7. The van der Waals surface area contributed by atoms with Crippen molar-refractivity contribution >= 4 is 29.0 Å². The van der Waals surface area contributed by atoms with Crippen LogP contribution in [0.4, 0.5) is 20.3 Å². The second-order valence-corrected chi connectivity index (χ2v) is 11.9. The first-order valence-electron chi connectivity index (χ1n) is 14.7. The number of fused-ring (bicyclic) bond motifs is 2. The Morgan fingerprint density at radius 1 is 1.15 bits per heavy atom. The zero-order valence-electron chi connectivity index (χ0n) is 23.8. The number of piperidine rings is 1. The summed E-state index contributed by atoms with van der Waals surface area (Å²) in [5, 5.41) is 9.45. The van der Waals surface area contributed by atoms with Gasteiger partial charge in [-0.15, -0.1) is 11.6 Å². The van der Waals surface area contributed by atoms with Crippen molar-refractivity contribution in [2.75, 3.05) is 43.5 Å². The predicted molar refractivity (Wildman–Crippen MR) is 156 cm³/mol. The van der Waals surface area contributed by atoms with Crippen molar-refractivity contribution in [2.45, 2.75) is 64.5 Å². The number of hydrogen-bond donors (Lipinski definition) is 0. The summed E-state index contributed by atoms with van der Waals surface area (Å²) in [7, 11) is 1.79. The van der Waals surface area contributed by atoms with Gasteiger partial charge in [0.05, 0.1) is 18.8 Å². The Balaban J connectivity index is 1.39. The summed E-state index contributed by atoms with van der Waals surface area (Å²) in [4.78, 5) is 18.9. The van der Waals surface area contributed by atoms with Gasteiger partial charge in [0, 0.05) is 86.7 Å². The van der Waals surface area contributed by atoms with Gasteiger partial charge in [0.2, 0.25) is 5.91 Å². The van der Waals surface area contributed by atoms with Crippen molar-refractivity contribution in [3.8, 4) is 11.1 Å². The maximum atomic E-state index is 14.5. The molecule has 0 radical (unpaired) electrons. The summed E-state index contributed by atoms with van der Waals surface area (Å²) in [5.74, 6) is 1.53. The Morgan fingerprint density at radius 2 is 1.95 bits per heavy atom. The third kappa shape index (κ3) is 5.48. The molecule has 3 aliphatic rings. The number of benzene rings is 1. The number of alkyl halides is 3. The SMILES string of the molecule is CC(=O)N1CCc2c(c(N3CCCc4cc(-c5cnn(C)c5)c(C(F)F)cc43)nn2C2CCN(CCCCl)CC2)C1. The number of aromatic nitrogens is 4. The van der Waals surface area contributed by atoms with Gasteiger partial charge in [-0.2, -0.15) is 10.2 Å². The minimum atomic E-state index is -2.62. The molecule has 5 heterocycles. The van der Waals surface area contributed by atoms with Gasteiger partial charge in [-0.1, -0.05) is 0 Å². The Bertz CT molecular complexity index is 1410. The number of hydrogen-bond acceptors (Lipinski definition) is 5. The van der Waals surface area contributed by atoms with Gasteiger partial charge in [-0.25, -0.2) is 8.78 Å². The molecule has 1 saturated heterocycles. The van der Waals surface area contributed by atoms with Crippen molar-refractivity contribution < 1.29 is 13.6 Å². The second-order valence-electron chi connectivity index (χ2n) is 11.5. The Morgan fingerprint density at radius 3 is 2.63 bits per heavy atom. The van der Waals surface area contributed by atoms with Gasteiger partial charge < -0.3 is 14.7 Å². The third-order valence-electron chi connectivity index (χ3n) is 8.90. The first-order chi connectivity index (χ1) is 19.8. The van der Waals surface area contributed by atoms with E-state index in [0.717, 1.165) is 80.8 Å². The maximum Gasteiger partial charge on any atom is 0.264 e. The molecular weight excluding hydrogens is 548 g/mol. The average Bonchev–Trinajstić information content (AvgIpc) is 3.58. The molecule has 0 unspecified atom stereocenters. The zero-order chi connectivity index (χ0) is 28.7. The van der Waals surface area contributed by atoms with E-state index in [1.165, 1.54) is 5.69 Å². The molecule has 41 heavy (non-hydrogen) atoms. The number of amides is 1. The monoisotopic (exact) mass is 585 g/mol. The van der Waals surface area contributed by atoms with Crippen molar-refractivity contribution in [3.63, 3.8) is 0 Å². The number of aryl methyl sites for hydroxylation is 2. The molecular formula is C30H38ClF2N7O. The molecule has 3 aliphatic heterocycles. The number of carbonyl (C=O) groups excluding carboxylic acids is 1. The number of anilines is 2. The van der Waals surface area contributed by atoms with Crippen LogP contribution in [-0.4, -0.2) is 73.9 Å². The van der Waals surface area contributed by atoms with Crippen LogP contribution >= 0.6 is 11.6 Å². The molecule has 0 bridgehead atoms. The lowest BCUT2D eigenvalue weighted by molar-refractivity contribution is -0.129. The smallest absolute Gasteiger partial charge is 0.264 e. The number of likely N-dealkylation sites (tertiary alicyclic amines) is 1. The molecule has 2 aromatic heterocycles. The maximum absolute atomic E-state index is 14.5. The molecule has 0 N–H and O–H groups in total. The molecule has 0 atom stereocenters. The van der Waals surface area contributed by atoms with E-state index in [4.69, 9.17) is 16.7 Å². The van der Waals surface area contributed by atoms with E-state index in [0.29, 0.717) is 36.6 Å². The topological polar surface area (TPSA) is 62.4 Å². The van der Waals surface area contributed by atoms with Crippen molar-refractivity contribution in [1.29, 1.82) is 0 Å². The third-order valence-corrected chi connectivity index (χ3v) is 9.16. The highest BCUT2D eigenvalue weighted by Crippen LogP contribution is 2.43. The molecule has 0 saturated carbocycles. The van der Waals surface area contributed by atoms with Crippen LogP contribution in [0.3, 0.4) is 0 Å². The predicted octanol–water partition coefficient (Wildman–Crippen LogP) is 5.48. The molecule has 1 fully saturated rings. The molecule has 8 nitrogen and oxygen atoms in total.